The minimum Gasteiger partial charge on any atom is -0.481 e. The van der Waals surface area contributed by atoms with Crippen LogP contribution in [0.1, 0.15) is 5.69 Å². The molecule has 1 aromatic rings. The lowest BCUT2D eigenvalue weighted by molar-refractivity contribution is 0.398. The number of nitriles is 1. The maximum Gasteiger partial charge on any atom is 0.216 e. The summed E-state index contributed by atoms with van der Waals surface area (Å²) in [6, 6.07) is 4.92. The molecule has 0 unspecified atom stereocenters. The topological polar surface area (TPSA) is 71.9 Å². The zero-order chi connectivity index (χ0) is 8.27. The zero-order valence-electron chi connectivity index (χ0n) is 6.03. The van der Waals surface area contributed by atoms with Gasteiger partial charge in [-0.05, 0) is 6.07 Å². The van der Waals surface area contributed by atoms with Crippen LogP contribution in [0.25, 0.3) is 0 Å². The molecule has 0 fully saturated rings. The molecule has 0 saturated heterocycles. The fourth-order valence-corrected chi connectivity index (χ4v) is 0.687. The van der Waals surface area contributed by atoms with Crippen molar-refractivity contribution in [2.75, 3.05) is 12.8 Å². The lowest BCUT2D eigenvalue weighted by Gasteiger charge is -1.99. The van der Waals surface area contributed by atoms with Gasteiger partial charge in [-0.2, -0.15) is 5.26 Å². The van der Waals surface area contributed by atoms with E-state index in [9.17, 15) is 0 Å². The maximum atomic E-state index is 8.46. The molecule has 0 atom stereocenters. The molecule has 0 aliphatic rings. The van der Waals surface area contributed by atoms with E-state index < -0.39 is 0 Å². The monoisotopic (exact) mass is 149 g/mol. The highest BCUT2D eigenvalue weighted by molar-refractivity contribution is 5.45. The maximum absolute atomic E-state index is 8.46. The van der Waals surface area contributed by atoms with Crippen molar-refractivity contribution < 1.29 is 4.74 Å². The first-order valence-corrected chi connectivity index (χ1v) is 2.98. The summed E-state index contributed by atoms with van der Waals surface area (Å²) in [6.45, 7) is 0. The number of methoxy groups -OCH3 is 1. The average molecular weight is 149 g/mol. The Bertz CT molecular complexity index is 303. The van der Waals surface area contributed by atoms with E-state index in [4.69, 9.17) is 15.7 Å². The summed E-state index contributed by atoms with van der Waals surface area (Å²) >= 11 is 0. The number of hydrogen-bond acceptors (Lipinski definition) is 4. The number of ether oxygens (including phenoxy) is 1. The summed E-state index contributed by atoms with van der Waals surface area (Å²) in [5.74, 6) is 0.363. The van der Waals surface area contributed by atoms with E-state index in [0.29, 0.717) is 11.6 Å². The van der Waals surface area contributed by atoms with Crippen LogP contribution < -0.4 is 10.5 Å². The highest BCUT2D eigenvalue weighted by Crippen LogP contribution is 2.12. The summed E-state index contributed by atoms with van der Waals surface area (Å²) in [6.07, 6.45) is 0. The Morgan fingerprint density at radius 2 is 2.36 bits per heavy atom. The zero-order valence-corrected chi connectivity index (χ0v) is 6.03. The van der Waals surface area contributed by atoms with E-state index in [-0.39, 0.29) is 5.69 Å². The third-order valence-corrected chi connectivity index (χ3v) is 1.15. The van der Waals surface area contributed by atoms with Gasteiger partial charge in [-0.25, -0.2) is 4.98 Å². The van der Waals surface area contributed by atoms with Gasteiger partial charge in [-0.15, -0.1) is 0 Å². The van der Waals surface area contributed by atoms with Gasteiger partial charge in [0.05, 0.1) is 7.11 Å². The van der Waals surface area contributed by atoms with Crippen molar-refractivity contribution in [2.45, 2.75) is 0 Å². The number of anilines is 1. The van der Waals surface area contributed by atoms with Gasteiger partial charge in [-0.3, -0.25) is 0 Å². The van der Waals surface area contributed by atoms with Gasteiger partial charge in [0.2, 0.25) is 5.88 Å². The van der Waals surface area contributed by atoms with E-state index in [1.807, 2.05) is 6.07 Å². The van der Waals surface area contributed by atoms with Gasteiger partial charge in [-0.1, -0.05) is 0 Å². The van der Waals surface area contributed by atoms with Crippen molar-refractivity contribution in [3.63, 3.8) is 0 Å². The van der Waals surface area contributed by atoms with Gasteiger partial charge in [0.25, 0.3) is 0 Å². The normalized spacial score (nSPS) is 8.73. The minimum atomic E-state index is 0.266. The smallest absolute Gasteiger partial charge is 0.216 e. The summed E-state index contributed by atoms with van der Waals surface area (Å²) in [4.78, 5) is 3.81. The first-order chi connectivity index (χ1) is 5.26. The fraction of sp³-hybridized carbons (Fsp3) is 0.143. The average Bonchev–Trinajstić information content (AvgIpc) is 2.03. The minimum absolute atomic E-state index is 0.266. The number of nitrogens with two attached hydrogens (primary N) is 1. The predicted octanol–water partition coefficient (Wildman–Crippen LogP) is 0.544. The molecule has 1 aromatic heterocycles. The molecule has 1 rings (SSSR count). The highest BCUT2D eigenvalue weighted by Gasteiger charge is 1.98. The molecule has 0 radical (unpaired) electrons. The second-order valence-corrected chi connectivity index (χ2v) is 1.94. The van der Waals surface area contributed by atoms with Crippen molar-refractivity contribution in [2.24, 2.45) is 0 Å². The third kappa shape index (κ3) is 1.58. The van der Waals surface area contributed by atoms with E-state index in [0.717, 1.165) is 0 Å². The molecule has 11 heavy (non-hydrogen) atoms. The SMILES string of the molecule is COc1cc(N)cc(C#N)n1. The van der Waals surface area contributed by atoms with Crippen LogP contribution in [0.3, 0.4) is 0 Å². The van der Waals surface area contributed by atoms with Crippen molar-refractivity contribution in [1.82, 2.24) is 4.98 Å². The van der Waals surface area contributed by atoms with E-state index in [1.165, 1.54) is 13.2 Å². The summed E-state index contributed by atoms with van der Waals surface area (Å²) in [7, 11) is 1.48. The standard InChI is InChI=1S/C7H7N3O/c1-11-7-3-5(9)2-6(4-8)10-7/h2-3H,1H3,(H2,9,10). The first kappa shape index (κ1) is 7.35. The van der Waals surface area contributed by atoms with Crippen LogP contribution in [-0.2, 0) is 0 Å². The molecule has 0 aliphatic carbocycles. The number of nitrogens with zero attached hydrogens (tertiary/aromatic N) is 2. The molecule has 0 amide bonds. The Hall–Kier alpha value is -1.76. The molecule has 1 heterocycles. The molecule has 2 N–H and O–H groups in total. The molecule has 0 aliphatic heterocycles. The fourth-order valence-electron chi connectivity index (χ4n) is 0.687. The highest BCUT2D eigenvalue weighted by atomic mass is 16.5. The van der Waals surface area contributed by atoms with Crippen LogP contribution in [0.2, 0.25) is 0 Å². The molecule has 0 saturated carbocycles. The Morgan fingerprint density at radius 1 is 1.64 bits per heavy atom. The van der Waals surface area contributed by atoms with Crippen molar-refractivity contribution >= 4 is 5.69 Å². The van der Waals surface area contributed by atoms with Crippen LogP contribution >= 0.6 is 0 Å². The van der Waals surface area contributed by atoms with Crippen LogP contribution in [0, 0.1) is 11.3 Å². The molecular formula is C7H7N3O. The van der Waals surface area contributed by atoms with Crippen molar-refractivity contribution in [3.05, 3.63) is 17.8 Å². The molecule has 0 aromatic carbocycles. The largest absolute Gasteiger partial charge is 0.481 e. The van der Waals surface area contributed by atoms with E-state index in [1.54, 1.807) is 6.07 Å². The van der Waals surface area contributed by atoms with Gasteiger partial charge in [0.1, 0.15) is 11.8 Å². The Labute approximate surface area is 64.2 Å². The summed E-state index contributed by atoms with van der Waals surface area (Å²) in [5, 5.41) is 8.46. The quantitative estimate of drug-likeness (QED) is 0.632. The molecule has 56 valence electrons. The lowest BCUT2D eigenvalue weighted by atomic mass is 10.3. The van der Waals surface area contributed by atoms with Crippen molar-refractivity contribution in [3.8, 4) is 11.9 Å². The lowest BCUT2D eigenvalue weighted by Crippen LogP contribution is -1.93. The second kappa shape index (κ2) is 2.88. The molecule has 0 spiro atoms. The van der Waals surface area contributed by atoms with E-state index >= 15 is 0 Å². The Morgan fingerprint density at radius 3 is 2.91 bits per heavy atom. The molecular weight excluding hydrogens is 142 g/mol. The number of nitrogen functional groups attached to an aromatic ring is 1. The predicted molar refractivity (Wildman–Crippen MR) is 39.9 cm³/mol. The van der Waals surface area contributed by atoms with Crippen LogP contribution in [-0.4, -0.2) is 12.1 Å². The first-order valence-electron chi connectivity index (χ1n) is 2.98. The van der Waals surface area contributed by atoms with Gasteiger partial charge < -0.3 is 10.5 Å². The number of pyridine rings is 1. The second-order valence-electron chi connectivity index (χ2n) is 1.94. The Kier molecular flexibility index (Phi) is 1.93. The molecule has 4 nitrogen and oxygen atoms in total. The van der Waals surface area contributed by atoms with Crippen LogP contribution in [0.4, 0.5) is 5.69 Å². The van der Waals surface area contributed by atoms with Crippen LogP contribution in [0.15, 0.2) is 12.1 Å². The van der Waals surface area contributed by atoms with Crippen LogP contribution in [0.5, 0.6) is 5.88 Å². The number of hydrogen-bond donors (Lipinski definition) is 1. The summed E-state index contributed by atoms with van der Waals surface area (Å²) < 4.78 is 4.80. The number of rotatable bonds is 1. The van der Waals surface area contributed by atoms with Gasteiger partial charge >= 0.3 is 0 Å². The third-order valence-electron chi connectivity index (χ3n) is 1.15. The van der Waals surface area contributed by atoms with E-state index in [2.05, 4.69) is 4.98 Å². The summed E-state index contributed by atoms with van der Waals surface area (Å²) in [5.41, 5.74) is 6.19. The van der Waals surface area contributed by atoms with Gasteiger partial charge in [0, 0.05) is 11.8 Å². The number of aromatic nitrogens is 1. The molecule has 4 heteroatoms. The van der Waals surface area contributed by atoms with Gasteiger partial charge in [0.15, 0.2) is 0 Å². The van der Waals surface area contributed by atoms with Crippen molar-refractivity contribution in [1.29, 1.82) is 5.26 Å². The Balaban J connectivity index is 3.15. The molecule has 0 bridgehead atoms.